The summed E-state index contributed by atoms with van der Waals surface area (Å²) < 4.78 is 5.28. The highest BCUT2D eigenvalue weighted by atomic mass is 16.5. The molecule has 18 heavy (non-hydrogen) atoms. The van der Waals surface area contributed by atoms with Crippen molar-refractivity contribution in [1.29, 1.82) is 0 Å². The van der Waals surface area contributed by atoms with E-state index in [0.717, 1.165) is 0 Å². The highest BCUT2D eigenvalue weighted by Gasteiger charge is 2.01. The monoisotopic (exact) mass is 246 g/mol. The fraction of sp³-hybridized carbons (Fsp3) is 0.273. The molecular weight excluding hydrogens is 232 g/mol. The van der Waals surface area contributed by atoms with Gasteiger partial charge in [0.15, 0.2) is 0 Å². The second kappa shape index (κ2) is 5.76. The summed E-state index contributed by atoms with van der Waals surface area (Å²) in [5.41, 5.74) is 5.57. The van der Waals surface area contributed by atoms with Crippen LogP contribution in [0.15, 0.2) is 24.7 Å². The van der Waals surface area contributed by atoms with Gasteiger partial charge in [0.1, 0.15) is 23.8 Å². The summed E-state index contributed by atoms with van der Waals surface area (Å²) in [6, 6.07) is 3.36. The number of rotatable bonds is 5. The molecule has 7 nitrogen and oxygen atoms in total. The molecule has 2 aromatic rings. The Labute approximate surface area is 104 Å². The van der Waals surface area contributed by atoms with E-state index in [-0.39, 0.29) is 0 Å². The van der Waals surface area contributed by atoms with Crippen molar-refractivity contribution in [3.05, 3.63) is 30.5 Å². The average Bonchev–Trinajstić information content (AvgIpc) is 2.37. The van der Waals surface area contributed by atoms with E-state index in [1.54, 1.807) is 18.3 Å². The molecule has 2 aromatic heterocycles. The number of nitrogens with zero attached hydrogens (tertiary/aromatic N) is 4. The van der Waals surface area contributed by atoms with Gasteiger partial charge in [-0.2, -0.15) is 0 Å². The quantitative estimate of drug-likeness (QED) is 0.807. The van der Waals surface area contributed by atoms with Gasteiger partial charge in [-0.25, -0.2) is 19.9 Å². The number of hydrogen-bond acceptors (Lipinski definition) is 7. The maximum atomic E-state index is 5.57. The molecule has 7 heteroatoms. The Morgan fingerprint density at radius 1 is 1.33 bits per heavy atom. The van der Waals surface area contributed by atoms with Crippen molar-refractivity contribution in [2.75, 3.05) is 17.7 Å². The first-order valence-electron chi connectivity index (χ1n) is 5.54. The van der Waals surface area contributed by atoms with Crippen molar-refractivity contribution < 1.29 is 4.74 Å². The van der Waals surface area contributed by atoms with Crippen LogP contribution in [0.25, 0.3) is 0 Å². The van der Waals surface area contributed by atoms with Crippen molar-refractivity contribution in [2.24, 2.45) is 0 Å². The smallest absolute Gasteiger partial charge is 0.218 e. The van der Waals surface area contributed by atoms with Gasteiger partial charge in [-0.15, -0.1) is 0 Å². The standard InChI is InChI=1S/C11H14N6O/c1-2-18-11-5-9(15-7-16-11)14-6-10-13-4-3-8(12)17-10/h3-5,7H,2,6H2,1H3,(H2,12,13,17)(H,14,15,16). The molecule has 0 aliphatic heterocycles. The van der Waals surface area contributed by atoms with Crippen molar-refractivity contribution in [3.63, 3.8) is 0 Å². The molecule has 2 rings (SSSR count). The van der Waals surface area contributed by atoms with Crippen LogP contribution in [0.1, 0.15) is 12.7 Å². The molecular formula is C11H14N6O. The SMILES string of the molecule is CCOc1cc(NCc2nccc(N)n2)ncn1. The fourth-order valence-corrected chi connectivity index (χ4v) is 1.33. The number of ether oxygens (including phenoxy) is 1. The highest BCUT2D eigenvalue weighted by molar-refractivity contribution is 5.37. The molecule has 0 fully saturated rings. The molecule has 0 bridgehead atoms. The van der Waals surface area contributed by atoms with E-state index in [4.69, 9.17) is 10.5 Å². The van der Waals surface area contributed by atoms with Gasteiger partial charge in [-0.05, 0) is 13.0 Å². The van der Waals surface area contributed by atoms with E-state index in [0.29, 0.717) is 36.5 Å². The Morgan fingerprint density at radius 2 is 2.22 bits per heavy atom. The van der Waals surface area contributed by atoms with Crippen LogP contribution in [0.2, 0.25) is 0 Å². The third-order valence-corrected chi connectivity index (χ3v) is 2.09. The van der Waals surface area contributed by atoms with Crippen LogP contribution in [-0.2, 0) is 6.54 Å². The van der Waals surface area contributed by atoms with Gasteiger partial charge in [0, 0.05) is 12.3 Å². The van der Waals surface area contributed by atoms with Crippen molar-refractivity contribution >= 4 is 11.6 Å². The Morgan fingerprint density at radius 3 is 3.00 bits per heavy atom. The summed E-state index contributed by atoms with van der Waals surface area (Å²) in [4.78, 5) is 16.2. The summed E-state index contributed by atoms with van der Waals surface area (Å²) in [5, 5.41) is 3.08. The summed E-state index contributed by atoms with van der Waals surface area (Å²) >= 11 is 0. The average molecular weight is 246 g/mol. The molecule has 2 heterocycles. The fourth-order valence-electron chi connectivity index (χ4n) is 1.33. The summed E-state index contributed by atoms with van der Waals surface area (Å²) in [7, 11) is 0. The first-order valence-corrected chi connectivity index (χ1v) is 5.54. The molecule has 0 unspecified atom stereocenters. The first kappa shape index (κ1) is 12.0. The number of anilines is 2. The predicted octanol–water partition coefficient (Wildman–Crippen LogP) is 0.860. The Kier molecular flexibility index (Phi) is 3.85. The summed E-state index contributed by atoms with van der Waals surface area (Å²) in [6.07, 6.45) is 3.05. The lowest BCUT2D eigenvalue weighted by Gasteiger charge is -2.06. The lowest BCUT2D eigenvalue weighted by atomic mass is 10.5. The molecule has 0 amide bonds. The van der Waals surface area contributed by atoms with Gasteiger partial charge in [0.25, 0.3) is 0 Å². The molecule has 3 N–H and O–H groups in total. The van der Waals surface area contributed by atoms with Crippen LogP contribution < -0.4 is 15.8 Å². The van der Waals surface area contributed by atoms with Gasteiger partial charge in [0.05, 0.1) is 13.2 Å². The predicted molar refractivity (Wildman–Crippen MR) is 67.0 cm³/mol. The number of nitrogens with two attached hydrogens (primary N) is 1. The van der Waals surface area contributed by atoms with Crippen LogP contribution in [-0.4, -0.2) is 26.5 Å². The maximum absolute atomic E-state index is 5.57. The van der Waals surface area contributed by atoms with Gasteiger partial charge in [-0.3, -0.25) is 0 Å². The third kappa shape index (κ3) is 3.27. The van der Waals surface area contributed by atoms with Crippen LogP contribution in [0.4, 0.5) is 11.6 Å². The molecule has 0 atom stereocenters. The van der Waals surface area contributed by atoms with Crippen molar-refractivity contribution in [3.8, 4) is 5.88 Å². The molecule has 0 aliphatic rings. The summed E-state index contributed by atoms with van der Waals surface area (Å²) in [5.74, 6) is 2.23. The van der Waals surface area contributed by atoms with E-state index in [1.165, 1.54) is 6.33 Å². The normalized spacial score (nSPS) is 10.1. The molecule has 0 saturated heterocycles. The van der Waals surface area contributed by atoms with E-state index < -0.39 is 0 Å². The van der Waals surface area contributed by atoms with Crippen LogP contribution >= 0.6 is 0 Å². The van der Waals surface area contributed by atoms with E-state index in [2.05, 4.69) is 25.3 Å². The zero-order valence-electron chi connectivity index (χ0n) is 10.00. The zero-order valence-corrected chi connectivity index (χ0v) is 10.00. The largest absolute Gasteiger partial charge is 0.478 e. The number of nitrogen functional groups attached to an aromatic ring is 1. The van der Waals surface area contributed by atoms with Gasteiger partial charge < -0.3 is 15.8 Å². The molecule has 0 aliphatic carbocycles. The molecule has 94 valence electrons. The minimum atomic E-state index is 0.438. The van der Waals surface area contributed by atoms with Gasteiger partial charge >= 0.3 is 0 Å². The minimum Gasteiger partial charge on any atom is -0.478 e. The third-order valence-electron chi connectivity index (χ3n) is 2.09. The lowest BCUT2D eigenvalue weighted by Crippen LogP contribution is -2.07. The van der Waals surface area contributed by atoms with E-state index >= 15 is 0 Å². The molecule has 0 aromatic carbocycles. The molecule has 0 radical (unpaired) electrons. The Balaban J connectivity index is 1.99. The van der Waals surface area contributed by atoms with E-state index in [9.17, 15) is 0 Å². The van der Waals surface area contributed by atoms with Crippen LogP contribution in [0.5, 0.6) is 5.88 Å². The number of nitrogens with one attached hydrogen (secondary N) is 1. The number of aromatic nitrogens is 4. The molecule has 0 spiro atoms. The van der Waals surface area contributed by atoms with Gasteiger partial charge in [-0.1, -0.05) is 0 Å². The van der Waals surface area contributed by atoms with E-state index in [1.807, 2.05) is 6.92 Å². The highest BCUT2D eigenvalue weighted by Crippen LogP contribution is 2.11. The van der Waals surface area contributed by atoms with Crippen molar-refractivity contribution in [2.45, 2.75) is 13.5 Å². The van der Waals surface area contributed by atoms with Crippen molar-refractivity contribution in [1.82, 2.24) is 19.9 Å². The second-order valence-corrected chi connectivity index (χ2v) is 3.43. The zero-order chi connectivity index (χ0) is 12.8. The topological polar surface area (TPSA) is 98.8 Å². The lowest BCUT2D eigenvalue weighted by molar-refractivity contribution is 0.326. The maximum Gasteiger partial charge on any atom is 0.218 e. The van der Waals surface area contributed by atoms with Crippen LogP contribution in [0, 0.1) is 0 Å². The Bertz CT molecular complexity index is 518. The second-order valence-electron chi connectivity index (χ2n) is 3.43. The minimum absolute atomic E-state index is 0.438. The van der Waals surface area contributed by atoms with Gasteiger partial charge in [0.2, 0.25) is 5.88 Å². The number of hydrogen-bond donors (Lipinski definition) is 2. The summed E-state index contributed by atoms with van der Waals surface area (Å²) in [6.45, 7) is 2.90. The molecule has 0 saturated carbocycles. The van der Waals surface area contributed by atoms with Crippen LogP contribution in [0.3, 0.4) is 0 Å². The first-order chi connectivity index (χ1) is 8.78. The Hall–Kier alpha value is -2.44.